The fourth-order valence-corrected chi connectivity index (χ4v) is 3.84. The minimum atomic E-state index is -0.794. The number of benzene rings is 1. The Kier molecular flexibility index (Phi) is 12.8. The first-order valence-corrected chi connectivity index (χ1v) is 13.1. The maximum Gasteiger partial charge on any atom is 0.408 e. The number of nitrogens with zero attached hydrogens (tertiary/aromatic N) is 1. The molecule has 0 aromatic heterocycles. The van der Waals surface area contributed by atoms with E-state index in [4.69, 9.17) is 4.74 Å². The molecule has 0 heterocycles. The molecule has 0 spiro atoms. The van der Waals surface area contributed by atoms with Gasteiger partial charge in [-0.15, -0.1) is 0 Å². The van der Waals surface area contributed by atoms with Gasteiger partial charge in [0.2, 0.25) is 11.8 Å². The van der Waals surface area contributed by atoms with Crippen molar-refractivity contribution in [3.8, 4) is 0 Å². The number of hydrogen-bond donors (Lipinski definition) is 2. The molecule has 7 heteroatoms. The number of aryl methyl sites for hydroxylation is 1. The number of amides is 3. The van der Waals surface area contributed by atoms with Crippen molar-refractivity contribution >= 4 is 17.9 Å². The van der Waals surface area contributed by atoms with Gasteiger partial charge in [0.05, 0.1) is 0 Å². The lowest BCUT2D eigenvalue weighted by Crippen LogP contribution is -2.53. The summed E-state index contributed by atoms with van der Waals surface area (Å²) in [5.41, 5.74) is 1.25. The SMILES string of the molecule is CCCCNC(=O)C(c1ccc(CC)cc1)N(CCC)C(=O)C(CC(C)C)NC(=O)OC(C)(C)C. The van der Waals surface area contributed by atoms with Crippen molar-refractivity contribution in [2.45, 2.75) is 105 Å². The van der Waals surface area contributed by atoms with Gasteiger partial charge in [-0.2, -0.15) is 0 Å². The predicted molar refractivity (Wildman–Crippen MR) is 141 cm³/mol. The van der Waals surface area contributed by atoms with Gasteiger partial charge in [-0.25, -0.2) is 4.79 Å². The highest BCUT2D eigenvalue weighted by atomic mass is 16.6. The molecule has 2 unspecified atom stereocenters. The van der Waals surface area contributed by atoms with Crippen LogP contribution in [0.3, 0.4) is 0 Å². The zero-order valence-electron chi connectivity index (χ0n) is 23.1. The first-order valence-electron chi connectivity index (χ1n) is 13.1. The Morgan fingerprint density at radius 2 is 1.63 bits per heavy atom. The summed E-state index contributed by atoms with van der Waals surface area (Å²) >= 11 is 0. The van der Waals surface area contributed by atoms with Crippen molar-refractivity contribution in [1.82, 2.24) is 15.5 Å². The molecule has 0 saturated carbocycles. The summed E-state index contributed by atoms with van der Waals surface area (Å²) in [6.07, 6.45) is 3.20. The van der Waals surface area contributed by atoms with Crippen molar-refractivity contribution in [2.24, 2.45) is 5.92 Å². The zero-order chi connectivity index (χ0) is 26.6. The number of rotatable bonds is 13. The first kappa shape index (κ1) is 30.5. The maximum atomic E-state index is 13.9. The van der Waals surface area contributed by atoms with Crippen LogP contribution in [-0.4, -0.2) is 47.5 Å². The average Bonchev–Trinajstić information content (AvgIpc) is 2.77. The largest absolute Gasteiger partial charge is 0.444 e. The molecule has 35 heavy (non-hydrogen) atoms. The van der Waals surface area contributed by atoms with Crippen LogP contribution in [0.1, 0.15) is 98.2 Å². The van der Waals surface area contributed by atoms with E-state index in [0.29, 0.717) is 25.9 Å². The highest BCUT2D eigenvalue weighted by molar-refractivity contribution is 5.92. The molecular formula is C28H47N3O4. The summed E-state index contributed by atoms with van der Waals surface area (Å²) in [5, 5.41) is 5.79. The van der Waals surface area contributed by atoms with Crippen molar-refractivity contribution in [3.63, 3.8) is 0 Å². The highest BCUT2D eigenvalue weighted by Gasteiger charge is 2.36. The average molecular weight is 490 g/mol. The zero-order valence-corrected chi connectivity index (χ0v) is 23.1. The van der Waals surface area contributed by atoms with Crippen LogP contribution in [0.2, 0.25) is 0 Å². The number of hydrogen-bond acceptors (Lipinski definition) is 4. The quantitative estimate of drug-likeness (QED) is 0.364. The number of carbonyl (C=O) groups excluding carboxylic acids is 3. The van der Waals surface area contributed by atoms with Crippen LogP contribution in [0, 0.1) is 5.92 Å². The van der Waals surface area contributed by atoms with E-state index in [9.17, 15) is 14.4 Å². The molecular weight excluding hydrogens is 442 g/mol. The van der Waals surface area contributed by atoms with Gasteiger partial charge in [0.15, 0.2) is 0 Å². The summed E-state index contributed by atoms with van der Waals surface area (Å²) in [4.78, 5) is 41.5. The smallest absolute Gasteiger partial charge is 0.408 e. The molecule has 0 aliphatic rings. The molecule has 0 bridgehead atoms. The van der Waals surface area contributed by atoms with Crippen molar-refractivity contribution in [3.05, 3.63) is 35.4 Å². The second-order valence-corrected chi connectivity index (χ2v) is 10.5. The molecule has 1 aromatic rings. The standard InChI is InChI=1S/C28H47N3O4/c1-9-12-17-29-25(32)24(22-15-13-21(11-3)14-16-22)31(18-10-2)26(33)23(19-20(4)5)30-27(34)35-28(6,7)8/h13-16,20,23-24H,9-12,17-19H2,1-8H3,(H,29,32)(H,30,34). The monoisotopic (exact) mass is 489 g/mol. The number of carbonyl (C=O) groups is 3. The number of nitrogens with one attached hydrogen (secondary N) is 2. The summed E-state index contributed by atoms with van der Waals surface area (Å²) in [7, 11) is 0. The Morgan fingerprint density at radius 1 is 1.00 bits per heavy atom. The summed E-state index contributed by atoms with van der Waals surface area (Å²) in [5.74, 6) is -0.324. The Morgan fingerprint density at radius 3 is 2.11 bits per heavy atom. The van der Waals surface area contributed by atoms with Crippen molar-refractivity contribution in [2.75, 3.05) is 13.1 Å². The molecule has 3 amide bonds. The Labute approximate surface area is 212 Å². The van der Waals surface area contributed by atoms with Gasteiger partial charge >= 0.3 is 6.09 Å². The number of alkyl carbamates (subject to hydrolysis) is 1. The van der Waals surface area contributed by atoms with Gasteiger partial charge in [-0.05, 0) is 63.5 Å². The lowest BCUT2D eigenvalue weighted by molar-refractivity contribution is -0.142. The van der Waals surface area contributed by atoms with Crippen LogP contribution in [0.15, 0.2) is 24.3 Å². The molecule has 1 aromatic carbocycles. The van der Waals surface area contributed by atoms with E-state index in [-0.39, 0.29) is 17.7 Å². The van der Waals surface area contributed by atoms with Crippen LogP contribution >= 0.6 is 0 Å². The molecule has 0 radical (unpaired) electrons. The van der Waals surface area contributed by atoms with E-state index in [1.54, 1.807) is 25.7 Å². The van der Waals surface area contributed by atoms with Gasteiger partial charge in [0.1, 0.15) is 17.7 Å². The van der Waals surface area contributed by atoms with E-state index in [1.165, 1.54) is 0 Å². The van der Waals surface area contributed by atoms with Crippen LogP contribution < -0.4 is 10.6 Å². The molecule has 7 nitrogen and oxygen atoms in total. The van der Waals surface area contributed by atoms with Crippen LogP contribution in [0.25, 0.3) is 0 Å². The third-order valence-electron chi connectivity index (χ3n) is 5.54. The molecule has 198 valence electrons. The van der Waals surface area contributed by atoms with E-state index >= 15 is 0 Å². The third kappa shape index (κ3) is 10.7. The summed E-state index contributed by atoms with van der Waals surface area (Å²) in [6.45, 7) is 16.4. The van der Waals surface area contributed by atoms with Gasteiger partial charge in [0.25, 0.3) is 0 Å². The van der Waals surface area contributed by atoms with E-state index in [2.05, 4.69) is 24.5 Å². The van der Waals surface area contributed by atoms with Crippen molar-refractivity contribution in [1.29, 1.82) is 0 Å². The molecule has 2 N–H and O–H groups in total. The molecule has 2 atom stereocenters. The molecule has 0 aliphatic carbocycles. The van der Waals surface area contributed by atoms with Crippen molar-refractivity contribution < 1.29 is 19.1 Å². The summed E-state index contributed by atoms with van der Waals surface area (Å²) < 4.78 is 5.42. The highest BCUT2D eigenvalue weighted by Crippen LogP contribution is 2.25. The van der Waals surface area contributed by atoms with Gasteiger partial charge in [0, 0.05) is 13.1 Å². The molecule has 1 rings (SSSR count). The lowest BCUT2D eigenvalue weighted by atomic mass is 9.98. The Balaban J connectivity index is 3.37. The van der Waals surface area contributed by atoms with E-state index in [0.717, 1.165) is 30.4 Å². The second-order valence-electron chi connectivity index (χ2n) is 10.5. The molecule has 0 aliphatic heterocycles. The van der Waals surface area contributed by atoms with Crippen LogP contribution in [0.4, 0.5) is 4.79 Å². The Bertz CT molecular complexity index is 799. The first-order chi connectivity index (χ1) is 16.4. The third-order valence-corrected chi connectivity index (χ3v) is 5.54. The topological polar surface area (TPSA) is 87.7 Å². The molecule has 0 fully saturated rings. The van der Waals surface area contributed by atoms with E-state index < -0.39 is 23.8 Å². The van der Waals surface area contributed by atoms with Gasteiger partial charge < -0.3 is 20.3 Å². The second kappa shape index (κ2) is 14.7. The summed E-state index contributed by atoms with van der Waals surface area (Å²) in [6, 6.07) is 6.29. The van der Waals surface area contributed by atoms with E-state index in [1.807, 2.05) is 45.0 Å². The fraction of sp³-hybridized carbons (Fsp3) is 0.679. The van der Waals surface area contributed by atoms with Gasteiger partial charge in [-0.3, -0.25) is 9.59 Å². The normalized spacial score (nSPS) is 13.2. The van der Waals surface area contributed by atoms with Gasteiger partial charge in [-0.1, -0.05) is 65.3 Å². The number of ether oxygens (including phenoxy) is 1. The predicted octanol–water partition coefficient (Wildman–Crippen LogP) is 5.38. The fourth-order valence-electron chi connectivity index (χ4n) is 3.84. The number of unbranched alkanes of at least 4 members (excludes halogenated alkanes) is 1. The minimum Gasteiger partial charge on any atom is -0.444 e. The maximum absolute atomic E-state index is 13.9. The molecule has 0 saturated heterocycles. The minimum absolute atomic E-state index is 0.156. The lowest BCUT2D eigenvalue weighted by Gasteiger charge is -2.35. The van der Waals surface area contributed by atoms with Crippen LogP contribution in [-0.2, 0) is 20.7 Å². The van der Waals surface area contributed by atoms with Crippen LogP contribution in [0.5, 0.6) is 0 Å². The Hall–Kier alpha value is -2.57.